The van der Waals surface area contributed by atoms with Gasteiger partial charge in [-0.25, -0.2) is 0 Å². The van der Waals surface area contributed by atoms with Crippen molar-refractivity contribution < 1.29 is 29.0 Å². The van der Waals surface area contributed by atoms with E-state index in [9.17, 15) is 4.79 Å². The van der Waals surface area contributed by atoms with Crippen LogP contribution in [0.15, 0.2) is 0 Å². The molecule has 0 atom stereocenters. The van der Waals surface area contributed by atoms with E-state index in [1.165, 1.54) is 0 Å². The molecule has 1 heterocycles. The topological polar surface area (TPSA) is 40.4 Å². The van der Waals surface area contributed by atoms with Crippen LogP contribution in [0.1, 0.15) is 39.5 Å². The second-order valence-electron chi connectivity index (χ2n) is 3.82. The molecule has 1 rings (SSSR count). The molecule has 1 radical (unpaired) electrons. The number of esters is 1. The van der Waals surface area contributed by atoms with Crippen LogP contribution in [0, 0.1) is 5.92 Å². The van der Waals surface area contributed by atoms with Crippen LogP contribution in [-0.2, 0) is 29.0 Å². The Balaban J connectivity index is 0.00000196. The third-order valence-corrected chi connectivity index (χ3v) is 2.82. The van der Waals surface area contributed by atoms with Crippen molar-refractivity contribution in [2.24, 2.45) is 5.92 Å². The summed E-state index contributed by atoms with van der Waals surface area (Å²) >= 11 is 0. The number of hydrogen-bond acceptors (Lipinski definition) is 2. The summed E-state index contributed by atoms with van der Waals surface area (Å²) in [5.41, 5.74) is 0. The van der Waals surface area contributed by atoms with Gasteiger partial charge in [0.1, 0.15) is 0 Å². The van der Waals surface area contributed by atoms with Gasteiger partial charge in [0.05, 0.1) is 12.0 Å². The minimum atomic E-state index is -0.0121. The molecule has 1 aliphatic rings. The predicted octanol–water partition coefficient (Wildman–Crippen LogP) is 2.50. The van der Waals surface area contributed by atoms with E-state index in [4.69, 9.17) is 4.74 Å². The first-order valence-corrected chi connectivity index (χ1v) is 5.61. The van der Waals surface area contributed by atoms with E-state index in [-0.39, 0.29) is 37.5 Å². The first-order chi connectivity index (χ1) is 6.77. The van der Waals surface area contributed by atoms with E-state index in [0.29, 0.717) is 0 Å². The second kappa shape index (κ2) is 8.23. The minimum Gasteiger partial charge on any atom is -0.662 e. The van der Waals surface area contributed by atoms with Crippen molar-refractivity contribution in [2.45, 2.75) is 45.6 Å². The van der Waals surface area contributed by atoms with Gasteiger partial charge in [-0.3, -0.25) is 4.79 Å². The molecule has 0 N–H and O–H groups in total. The zero-order valence-corrected chi connectivity index (χ0v) is 11.3. The molecular formula is C11H20NO2Ru. The molecule has 1 saturated heterocycles. The molecule has 0 aromatic rings. The van der Waals surface area contributed by atoms with Crippen LogP contribution in [0.2, 0.25) is 0 Å². The molecule has 0 unspecified atom stereocenters. The first kappa shape index (κ1) is 15.1. The van der Waals surface area contributed by atoms with Crippen molar-refractivity contribution >= 4 is 5.97 Å². The second-order valence-corrected chi connectivity index (χ2v) is 3.82. The van der Waals surface area contributed by atoms with Gasteiger partial charge in [0.15, 0.2) is 0 Å². The van der Waals surface area contributed by atoms with Gasteiger partial charge in [-0.05, 0) is 25.7 Å². The fourth-order valence-corrected chi connectivity index (χ4v) is 1.73. The molecule has 0 aromatic carbocycles. The van der Waals surface area contributed by atoms with Crippen LogP contribution in [0.3, 0.4) is 0 Å². The van der Waals surface area contributed by atoms with Crippen molar-refractivity contribution in [2.75, 3.05) is 13.1 Å². The Kier molecular flexibility index (Phi) is 8.26. The van der Waals surface area contributed by atoms with E-state index >= 15 is 0 Å². The maximum Gasteiger partial charge on any atom is 1.00 e. The van der Waals surface area contributed by atoms with Crippen molar-refractivity contribution in [3.63, 3.8) is 0 Å². The summed E-state index contributed by atoms with van der Waals surface area (Å²) in [5.74, 6) is 0.0794. The number of nitrogens with zero attached hydrogens (tertiary/aromatic N) is 1. The van der Waals surface area contributed by atoms with Crippen LogP contribution in [0.5, 0.6) is 0 Å². The molecule has 0 aliphatic carbocycles. The Bertz CT molecular complexity index is 177. The largest absolute Gasteiger partial charge is 1.00 e. The maximum absolute atomic E-state index is 11.6. The molecule has 3 nitrogen and oxygen atoms in total. The molecule has 1 fully saturated rings. The van der Waals surface area contributed by atoms with E-state index in [2.05, 4.69) is 5.32 Å². The number of hydrogen-bond donors (Lipinski definition) is 0. The van der Waals surface area contributed by atoms with E-state index in [0.717, 1.165) is 38.8 Å². The molecule has 0 aromatic heterocycles. The van der Waals surface area contributed by atoms with Crippen molar-refractivity contribution in [3.05, 3.63) is 5.32 Å². The van der Waals surface area contributed by atoms with Crippen molar-refractivity contribution in [1.29, 1.82) is 0 Å². The summed E-state index contributed by atoms with van der Waals surface area (Å²) in [7, 11) is 0. The molecule has 89 valence electrons. The number of carbonyl (C=O) groups is 1. The van der Waals surface area contributed by atoms with Crippen LogP contribution in [0.4, 0.5) is 0 Å². The van der Waals surface area contributed by atoms with Gasteiger partial charge < -0.3 is 10.1 Å². The quantitative estimate of drug-likeness (QED) is 0.591. The predicted molar refractivity (Wildman–Crippen MR) is 56.3 cm³/mol. The fraction of sp³-hybridized carbons (Fsp3) is 0.909. The third kappa shape index (κ3) is 5.08. The normalized spacial score (nSPS) is 17.3. The molecule has 15 heavy (non-hydrogen) atoms. The number of piperidine rings is 1. The third-order valence-electron chi connectivity index (χ3n) is 2.82. The molecular weight excluding hydrogens is 279 g/mol. The average molecular weight is 299 g/mol. The van der Waals surface area contributed by atoms with Gasteiger partial charge in [-0.15, -0.1) is 13.1 Å². The van der Waals surface area contributed by atoms with Gasteiger partial charge in [0.25, 0.3) is 0 Å². The SMILES string of the molecule is CCC(CC)C(=O)OC1CC[N-]CC1.[Ru+]. The first-order valence-electron chi connectivity index (χ1n) is 5.61. The molecule has 0 amide bonds. The van der Waals surface area contributed by atoms with Crippen LogP contribution < -0.4 is 0 Å². The molecule has 0 spiro atoms. The number of rotatable bonds is 4. The van der Waals surface area contributed by atoms with Crippen molar-refractivity contribution in [1.82, 2.24) is 0 Å². The van der Waals surface area contributed by atoms with Gasteiger partial charge in [-0.1, -0.05) is 13.8 Å². The van der Waals surface area contributed by atoms with Gasteiger partial charge in [0, 0.05) is 0 Å². The Morgan fingerprint density at radius 3 is 2.33 bits per heavy atom. The van der Waals surface area contributed by atoms with Crippen LogP contribution in [-0.4, -0.2) is 25.2 Å². The van der Waals surface area contributed by atoms with E-state index < -0.39 is 0 Å². The summed E-state index contributed by atoms with van der Waals surface area (Å²) in [6, 6.07) is 0. The zero-order chi connectivity index (χ0) is 10.4. The summed E-state index contributed by atoms with van der Waals surface area (Å²) < 4.78 is 5.44. The van der Waals surface area contributed by atoms with Gasteiger partial charge >= 0.3 is 25.4 Å². The smallest absolute Gasteiger partial charge is 0.662 e. The number of ether oxygens (including phenoxy) is 1. The van der Waals surface area contributed by atoms with E-state index in [1.54, 1.807) is 0 Å². The Morgan fingerprint density at radius 1 is 1.33 bits per heavy atom. The molecule has 0 saturated carbocycles. The summed E-state index contributed by atoms with van der Waals surface area (Å²) in [6.07, 6.45) is 3.71. The Hall–Kier alpha value is 0.0534. The standard InChI is InChI=1S/C11H20NO2.Ru/c1-3-9(4-2)11(13)14-10-5-7-12-8-6-10;/h9-10H,3-8H2,1-2H3;/q-1;+1. The fourth-order valence-electron chi connectivity index (χ4n) is 1.73. The maximum atomic E-state index is 11.6. The molecule has 0 bridgehead atoms. The van der Waals surface area contributed by atoms with Gasteiger partial charge in [0.2, 0.25) is 0 Å². The number of carbonyl (C=O) groups excluding carboxylic acids is 1. The van der Waals surface area contributed by atoms with Crippen molar-refractivity contribution in [3.8, 4) is 0 Å². The van der Waals surface area contributed by atoms with E-state index in [1.807, 2.05) is 13.8 Å². The van der Waals surface area contributed by atoms with Crippen LogP contribution in [0.25, 0.3) is 5.32 Å². The summed E-state index contributed by atoms with van der Waals surface area (Å²) in [4.78, 5) is 11.6. The minimum absolute atomic E-state index is 0. The molecule has 1 aliphatic heterocycles. The monoisotopic (exact) mass is 300 g/mol. The Labute approximate surface area is 105 Å². The van der Waals surface area contributed by atoms with Crippen LogP contribution >= 0.6 is 0 Å². The van der Waals surface area contributed by atoms with Gasteiger partial charge in [-0.2, -0.15) is 0 Å². The average Bonchev–Trinajstić information content (AvgIpc) is 2.21. The molecule has 4 heteroatoms. The summed E-state index contributed by atoms with van der Waals surface area (Å²) in [6.45, 7) is 5.76. The summed E-state index contributed by atoms with van der Waals surface area (Å²) in [5, 5.41) is 4.23. The zero-order valence-electron chi connectivity index (χ0n) is 9.51. The Morgan fingerprint density at radius 2 is 1.87 bits per heavy atom.